The molecule has 3 aromatic rings. The Morgan fingerprint density at radius 3 is 2.38 bits per heavy atom. The molecule has 3 rings (SSSR count). The molecule has 2 aromatic carbocycles. The second-order valence-electron chi connectivity index (χ2n) is 5.39. The monoisotopic (exact) mass is 342 g/mol. The molecule has 0 aliphatic heterocycles. The van der Waals surface area contributed by atoms with E-state index in [0.717, 1.165) is 4.70 Å². The van der Waals surface area contributed by atoms with Crippen molar-refractivity contribution in [2.45, 2.75) is 13.8 Å². The van der Waals surface area contributed by atoms with Crippen molar-refractivity contribution in [3.63, 3.8) is 0 Å². The molecule has 0 spiro atoms. The van der Waals surface area contributed by atoms with Gasteiger partial charge in [-0.2, -0.15) is 0 Å². The van der Waals surface area contributed by atoms with Crippen LogP contribution in [0, 0.1) is 12.7 Å². The van der Waals surface area contributed by atoms with Gasteiger partial charge in [0, 0.05) is 28.4 Å². The zero-order valence-electron chi connectivity index (χ0n) is 13.1. The van der Waals surface area contributed by atoms with Crippen molar-refractivity contribution in [2.24, 2.45) is 0 Å². The van der Waals surface area contributed by atoms with E-state index in [0.29, 0.717) is 27.2 Å². The van der Waals surface area contributed by atoms with Crippen molar-refractivity contribution in [3.05, 3.63) is 58.7 Å². The summed E-state index contributed by atoms with van der Waals surface area (Å²) in [5, 5.41) is 5.94. The van der Waals surface area contributed by atoms with Gasteiger partial charge in [0.15, 0.2) is 0 Å². The van der Waals surface area contributed by atoms with Crippen LogP contribution in [0.2, 0.25) is 0 Å². The first kappa shape index (κ1) is 16.1. The second-order valence-corrected chi connectivity index (χ2v) is 6.44. The smallest absolute Gasteiger partial charge is 0.266 e. The third kappa shape index (κ3) is 3.14. The summed E-state index contributed by atoms with van der Waals surface area (Å²) in [6.07, 6.45) is 0. The van der Waals surface area contributed by atoms with Crippen molar-refractivity contribution < 1.29 is 14.0 Å². The van der Waals surface area contributed by atoms with Gasteiger partial charge in [0.2, 0.25) is 5.91 Å². The number of aryl methyl sites for hydroxylation is 1. The molecule has 0 bridgehead atoms. The molecular weight excluding hydrogens is 327 g/mol. The maximum atomic E-state index is 14.0. The highest BCUT2D eigenvalue weighted by Gasteiger charge is 2.18. The molecule has 122 valence electrons. The zero-order chi connectivity index (χ0) is 17.3. The molecule has 0 saturated heterocycles. The van der Waals surface area contributed by atoms with Crippen LogP contribution in [0.25, 0.3) is 10.1 Å². The molecule has 0 aliphatic carbocycles. The van der Waals surface area contributed by atoms with Crippen LogP contribution >= 0.6 is 11.3 Å². The Morgan fingerprint density at radius 2 is 1.71 bits per heavy atom. The number of halogens is 1. The first-order chi connectivity index (χ1) is 11.5. The molecule has 4 nitrogen and oxygen atoms in total. The lowest BCUT2D eigenvalue weighted by Crippen LogP contribution is -2.12. The highest BCUT2D eigenvalue weighted by Crippen LogP contribution is 2.33. The number of fused-ring (bicyclic) bond motifs is 1. The number of hydrogen-bond acceptors (Lipinski definition) is 3. The largest absolute Gasteiger partial charge is 0.326 e. The summed E-state index contributed by atoms with van der Waals surface area (Å²) in [6.45, 7) is 3.16. The molecule has 0 radical (unpaired) electrons. The predicted octanol–water partition coefficient (Wildman–Crippen LogP) is 4.56. The molecular formula is C18H15FN2O2S. The average molecular weight is 342 g/mol. The van der Waals surface area contributed by atoms with Crippen LogP contribution < -0.4 is 10.6 Å². The molecule has 0 fully saturated rings. The first-order valence-corrected chi connectivity index (χ1v) is 8.14. The molecule has 24 heavy (non-hydrogen) atoms. The Bertz CT molecular complexity index is 949. The van der Waals surface area contributed by atoms with Crippen LogP contribution in [0.1, 0.15) is 22.2 Å². The predicted molar refractivity (Wildman–Crippen MR) is 95.2 cm³/mol. The van der Waals surface area contributed by atoms with Crippen LogP contribution in [0.15, 0.2) is 42.5 Å². The fourth-order valence-corrected chi connectivity index (χ4v) is 3.65. The van der Waals surface area contributed by atoms with Crippen molar-refractivity contribution in [1.29, 1.82) is 0 Å². The second kappa shape index (κ2) is 6.41. The Kier molecular flexibility index (Phi) is 4.31. The lowest BCUT2D eigenvalue weighted by atomic mass is 10.1. The van der Waals surface area contributed by atoms with Crippen molar-refractivity contribution >= 4 is 44.6 Å². The minimum Gasteiger partial charge on any atom is -0.326 e. The quantitative estimate of drug-likeness (QED) is 0.733. The molecule has 1 aromatic heterocycles. The van der Waals surface area contributed by atoms with Gasteiger partial charge in [0.1, 0.15) is 5.82 Å². The van der Waals surface area contributed by atoms with Crippen LogP contribution in [-0.2, 0) is 4.79 Å². The SMILES string of the molecule is CC(=O)Nc1cccc(NC(=O)c2sc3cccc(F)c3c2C)c1. The van der Waals surface area contributed by atoms with Gasteiger partial charge >= 0.3 is 0 Å². The van der Waals surface area contributed by atoms with Gasteiger partial charge in [-0.25, -0.2) is 4.39 Å². The number of anilines is 2. The fourth-order valence-electron chi connectivity index (χ4n) is 2.54. The molecule has 0 aliphatic rings. The standard InChI is InChI=1S/C18H15FN2O2S/c1-10-16-14(19)7-4-8-15(16)24-17(10)18(23)21-13-6-3-5-12(9-13)20-11(2)22/h3-9H,1-2H3,(H,20,22)(H,21,23). The summed E-state index contributed by atoms with van der Waals surface area (Å²) in [6, 6.07) is 11.7. The van der Waals surface area contributed by atoms with Gasteiger partial charge in [-0.3, -0.25) is 9.59 Å². The lowest BCUT2D eigenvalue weighted by Gasteiger charge is -2.07. The van der Waals surface area contributed by atoms with Crippen molar-refractivity contribution in [3.8, 4) is 0 Å². The highest BCUT2D eigenvalue weighted by atomic mass is 32.1. The minimum absolute atomic E-state index is 0.186. The normalized spacial score (nSPS) is 10.6. The molecule has 2 N–H and O–H groups in total. The lowest BCUT2D eigenvalue weighted by molar-refractivity contribution is -0.114. The fraction of sp³-hybridized carbons (Fsp3) is 0.111. The number of hydrogen-bond donors (Lipinski definition) is 2. The maximum Gasteiger partial charge on any atom is 0.266 e. The number of amides is 2. The first-order valence-electron chi connectivity index (χ1n) is 7.32. The van der Waals surface area contributed by atoms with E-state index in [9.17, 15) is 14.0 Å². The Balaban J connectivity index is 1.89. The van der Waals surface area contributed by atoms with Gasteiger partial charge in [-0.15, -0.1) is 11.3 Å². The number of benzene rings is 2. The minimum atomic E-state index is -0.326. The summed E-state index contributed by atoms with van der Waals surface area (Å²) >= 11 is 1.26. The van der Waals surface area contributed by atoms with Crippen molar-refractivity contribution in [1.82, 2.24) is 0 Å². The van der Waals surface area contributed by atoms with E-state index >= 15 is 0 Å². The topological polar surface area (TPSA) is 58.2 Å². The van der Waals surface area contributed by atoms with E-state index in [2.05, 4.69) is 10.6 Å². The summed E-state index contributed by atoms with van der Waals surface area (Å²) in [7, 11) is 0. The van der Waals surface area contributed by atoms with Gasteiger partial charge in [0.25, 0.3) is 5.91 Å². The molecule has 0 atom stereocenters. The van der Waals surface area contributed by atoms with Gasteiger partial charge in [-0.1, -0.05) is 12.1 Å². The summed E-state index contributed by atoms with van der Waals surface area (Å²) in [5.41, 5.74) is 1.78. The average Bonchev–Trinajstić information content (AvgIpc) is 2.85. The summed E-state index contributed by atoms with van der Waals surface area (Å²) in [5.74, 6) is -0.810. The molecule has 6 heteroatoms. The van der Waals surface area contributed by atoms with Gasteiger partial charge < -0.3 is 10.6 Å². The number of rotatable bonds is 3. The van der Waals surface area contributed by atoms with E-state index in [1.54, 1.807) is 43.3 Å². The van der Waals surface area contributed by atoms with E-state index in [1.807, 2.05) is 0 Å². The molecule has 2 amide bonds. The summed E-state index contributed by atoms with van der Waals surface area (Å²) < 4.78 is 14.7. The summed E-state index contributed by atoms with van der Waals surface area (Å²) in [4.78, 5) is 24.1. The highest BCUT2D eigenvalue weighted by molar-refractivity contribution is 7.21. The number of nitrogens with one attached hydrogen (secondary N) is 2. The number of thiophene rings is 1. The third-order valence-corrected chi connectivity index (χ3v) is 4.81. The number of carbonyl (C=O) groups is 2. The Morgan fingerprint density at radius 1 is 1.04 bits per heavy atom. The van der Waals surface area contributed by atoms with Gasteiger partial charge in [0.05, 0.1) is 4.88 Å². The van der Waals surface area contributed by atoms with Gasteiger partial charge in [-0.05, 0) is 42.8 Å². The van der Waals surface area contributed by atoms with Crippen LogP contribution in [0.5, 0.6) is 0 Å². The zero-order valence-corrected chi connectivity index (χ0v) is 14.0. The van der Waals surface area contributed by atoms with E-state index in [4.69, 9.17) is 0 Å². The van der Waals surface area contributed by atoms with E-state index < -0.39 is 0 Å². The van der Waals surface area contributed by atoms with Crippen LogP contribution in [0.4, 0.5) is 15.8 Å². The maximum absolute atomic E-state index is 14.0. The van der Waals surface area contributed by atoms with E-state index in [-0.39, 0.29) is 17.6 Å². The van der Waals surface area contributed by atoms with Crippen LogP contribution in [0.3, 0.4) is 0 Å². The third-order valence-electron chi connectivity index (χ3n) is 3.55. The van der Waals surface area contributed by atoms with Crippen molar-refractivity contribution in [2.75, 3.05) is 10.6 Å². The van der Waals surface area contributed by atoms with E-state index in [1.165, 1.54) is 24.3 Å². The Labute approximate surface area is 142 Å². The van der Waals surface area contributed by atoms with Crippen LogP contribution in [-0.4, -0.2) is 11.8 Å². The molecule has 0 saturated carbocycles. The molecule has 0 unspecified atom stereocenters. The Hall–Kier alpha value is -2.73. The number of carbonyl (C=O) groups excluding carboxylic acids is 2. The molecule has 1 heterocycles.